The second-order valence-corrected chi connectivity index (χ2v) is 3.70. The van der Waals surface area contributed by atoms with E-state index < -0.39 is 0 Å². The van der Waals surface area contributed by atoms with E-state index in [-0.39, 0.29) is 0 Å². The fourth-order valence-corrected chi connectivity index (χ4v) is 0.800. The van der Waals surface area contributed by atoms with Crippen LogP contribution in [0.1, 0.15) is 27.2 Å². The van der Waals surface area contributed by atoms with Crippen molar-refractivity contribution in [2.75, 3.05) is 20.1 Å². The Bertz CT molecular complexity index is 91.6. The summed E-state index contributed by atoms with van der Waals surface area (Å²) in [6.45, 7) is 8.61. The van der Waals surface area contributed by atoms with Gasteiger partial charge in [0.15, 0.2) is 0 Å². The Morgan fingerprint density at radius 3 is 2.18 bits per heavy atom. The molecule has 0 spiro atoms. The first kappa shape index (κ1) is 10.9. The SMILES string of the molecule is CC(CN)CCN(C)C(C)C. The van der Waals surface area contributed by atoms with Gasteiger partial charge in [-0.15, -0.1) is 0 Å². The molecule has 0 fully saturated rings. The average Bonchev–Trinajstić information content (AvgIpc) is 1.99. The van der Waals surface area contributed by atoms with Crippen LogP contribution >= 0.6 is 0 Å². The zero-order valence-corrected chi connectivity index (χ0v) is 8.30. The van der Waals surface area contributed by atoms with Gasteiger partial charge < -0.3 is 10.6 Å². The first-order valence-electron chi connectivity index (χ1n) is 4.48. The van der Waals surface area contributed by atoms with Crippen LogP contribution < -0.4 is 5.73 Å². The Morgan fingerprint density at radius 2 is 1.82 bits per heavy atom. The largest absolute Gasteiger partial charge is 0.330 e. The Hall–Kier alpha value is -0.0800. The van der Waals surface area contributed by atoms with Crippen LogP contribution in [0.4, 0.5) is 0 Å². The molecule has 0 saturated heterocycles. The lowest BCUT2D eigenvalue weighted by Gasteiger charge is -2.22. The van der Waals surface area contributed by atoms with Crippen molar-refractivity contribution in [3.05, 3.63) is 0 Å². The van der Waals surface area contributed by atoms with Crippen LogP contribution in [0.3, 0.4) is 0 Å². The quantitative estimate of drug-likeness (QED) is 0.653. The maximum atomic E-state index is 5.52. The predicted molar refractivity (Wildman–Crippen MR) is 50.6 cm³/mol. The van der Waals surface area contributed by atoms with Gasteiger partial charge in [-0.3, -0.25) is 0 Å². The van der Waals surface area contributed by atoms with Gasteiger partial charge in [0.05, 0.1) is 0 Å². The van der Waals surface area contributed by atoms with Gasteiger partial charge in [0.25, 0.3) is 0 Å². The molecular formula is C9H22N2. The highest BCUT2D eigenvalue weighted by Gasteiger charge is 2.04. The molecule has 0 rings (SSSR count). The third kappa shape index (κ3) is 5.22. The summed E-state index contributed by atoms with van der Waals surface area (Å²) in [6, 6.07) is 0.653. The molecule has 0 heterocycles. The van der Waals surface area contributed by atoms with Crippen molar-refractivity contribution in [3.63, 3.8) is 0 Å². The molecule has 0 saturated carbocycles. The molecule has 0 amide bonds. The molecule has 0 aromatic heterocycles. The van der Waals surface area contributed by atoms with E-state index in [4.69, 9.17) is 5.73 Å². The molecule has 0 aromatic carbocycles. The first-order valence-corrected chi connectivity index (χ1v) is 4.48. The van der Waals surface area contributed by atoms with Crippen LogP contribution in [-0.2, 0) is 0 Å². The molecule has 0 aliphatic carbocycles. The summed E-state index contributed by atoms with van der Waals surface area (Å²) in [4.78, 5) is 2.35. The second-order valence-electron chi connectivity index (χ2n) is 3.70. The fourth-order valence-electron chi connectivity index (χ4n) is 0.800. The zero-order chi connectivity index (χ0) is 8.85. The van der Waals surface area contributed by atoms with Crippen LogP contribution in [0.2, 0.25) is 0 Å². The van der Waals surface area contributed by atoms with Gasteiger partial charge >= 0.3 is 0 Å². The summed E-state index contributed by atoms with van der Waals surface area (Å²) < 4.78 is 0. The van der Waals surface area contributed by atoms with E-state index in [9.17, 15) is 0 Å². The lowest BCUT2D eigenvalue weighted by molar-refractivity contribution is 0.255. The van der Waals surface area contributed by atoms with Crippen LogP contribution in [0.25, 0.3) is 0 Å². The highest BCUT2D eigenvalue weighted by atomic mass is 15.1. The van der Waals surface area contributed by atoms with Gasteiger partial charge in [0.2, 0.25) is 0 Å². The maximum Gasteiger partial charge on any atom is 0.00355 e. The van der Waals surface area contributed by atoms with E-state index in [0.717, 1.165) is 13.1 Å². The van der Waals surface area contributed by atoms with Crippen molar-refractivity contribution < 1.29 is 0 Å². The van der Waals surface area contributed by atoms with E-state index in [0.29, 0.717) is 12.0 Å². The Morgan fingerprint density at radius 1 is 1.27 bits per heavy atom. The molecule has 2 heteroatoms. The molecule has 0 aromatic rings. The highest BCUT2D eigenvalue weighted by Crippen LogP contribution is 2.02. The summed E-state index contributed by atoms with van der Waals surface area (Å²) in [5.41, 5.74) is 5.52. The van der Waals surface area contributed by atoms with Crippen molar-refractivity contribution in [2.45, 2.75) is 33.2 Å². The molecule has 11 heavy (non-hydrogen) atoms. The molecule has 0 aliphatic rings. The topological polar surface area (TPSA) is 29.3 Å². The van der Waals surface area contributed by atoms with Gasteiger partial charge in [-0.05, 0) is 46.3 Å². The number of hydrogen-bond donors (Lipinski definition) is 1. The number of nitrogens with zero attached hydrogens (tertiary/aromatic N) is 1. The molecular weight excluding hydrogens is 136 g/mol. The third-order valence-corrected chi connectivity index (χ3v) is 2.26. The van der Waals surface area contributed by atoms with Crippen LogP contribution in [0.5, 0.6) is 0 Å². The molecule has 1 atom stereocenters. The molecule has 0 bridgehead atoms. The predicted octanol–water partition coefficient (Wildman–Crippen LogP) is 1.31. The lowest BCUT2D eigenvalue weighted by Crippen LogP contribution is -2.29. The summed E-state index contributed by atoms with van der Waals surface area (Å²) in [6.07, 6.45) is 1.21. The van der Waals surface area contributed by atoms with Gasteiger partial charge in [-0.2, -0.15) is 0 Å². The molecule has 2 nitrogen and oxygen atoms in total. The van der Waals surface area contributed by atoms with E-state index in [2.05, 4.69) is 32.7 Å². The number of hydrogen-bond acceptors (Lipinski definition) is 2. The molecule has 68 valence electrons. The molecule has 0 aliphatic heterocycles. The van der Waals surface area contributed by atoms with Crippen molar-refractivity contribution in [3.8, 4) is 0 Å². The fraction of sp³-hybridized carbons (Fsp3) is 1.00. The average molecular weight is 158 g/mol. The van der Waals surface area contributed by atoms with Crippen molar-refractivity contribution in [1.82, 2.24) is 4.90 Å². The van der Waals surface area contributed by atoms with Crippen LogP contribution in [0, 0.1) is 5.92 Å². The van der Waals surface area contributed by atoms with Crippen molar-refractivity contribution in [1.29, 1.82) is 0 Å². The summed E-state index contributed by atoms with van der Waals surface area (Å²) >= 11 is 0. The standard InChI is InChI=1S/C9H22N2/c1-8(2)11(4)6-5-9(3)7-10/h8-9H,5-7,10H2,1-4H3. The molecule has 1 unspecified atom stereocenters. The molecule has 0 radical (unpaired) electrons. The van der Waals surface area contributed by atoms with E-state index >= 15 is 0 Å². The smallest absolute Gasteiger partial charge is 0.00355 e. The Balaban J connectivity index is 3.37. The van der Waals surface area contributed by atoms with Gasteiger partial charge in [-0.25, -0.2) is 0 Å². The Kier molecular flexibility index (Phi) is 5.51. The first-order chi connectivity index (χ1) is 5.07. The monoisotopic (exact) mass is 158 g/mol. The third-order valence-electron chi connectivity index (χ3n) is 2.26. The van der Waals surface area contributed by atoms with E-state index in [1.165, 1.54) is 6.42 Å². The number of nitrogens with two attached hydrogens (primary N) is 1. The zero-order valence-electron chi connectivity index (χ0n) is 8.30. The lowest BCUT2D eigenvalue weighted by atomic mass is 10.1. The second kappa shape index (κ2) is 5.56. The van der Waals surface area contributed by atoms with Crippen molar-refractivity contribution >= 4 is 0 Å². The van der Waals surface area contributed by atoms with E-state index in [1.54, 1.807) is 0 Å². The van der Waals surface area contributed by atoms with E-state index in [1.807, 2.05) is 0 Å². The van der Waals surface area contributed by atoms with Gasteiger partial charge in [0, 0.05) is 6.04 Å². The van der Waals surface area contributed by atoms with Crippen LogP contribution in [0.15, 0.2) is 0 Å². The highest BCUT2D eigenvalue weighted by molar-refractivity contribution is 4.60. The summed E-state index contributed by atoms with van der Waals surface area (Å²) in [5, 5.41) is 0. The minimum Gasteiger partial charge on any atom is -0.330 e. The van der Waals surface area contributed by atoms with Gasteiger partial charge in [-0.1, -0.05) is 6.92 Å². The number of rotatable bonds is 5. The normalized spacial score (nSPS) is 14.5. The Labute approximate surface area is 70.8 Å². The minimum atomic E-state index is 0.653. The maximum absolute atomic E-state index is 5.52. The summed E-state index contributed by atoms with van der Waals surface area (Å²) in [7, 11) is 2.16. The van der Waals surface area contributed by atoms with Crippen molar-refractivity contribution in [2.24, 2.45) is 11.7 Å². The summed E-state index contributed by atoms with van der Waals surface area (Å²) in [5.74, 6) is 0.663. The molecule has 2 N–H and O–H groups in total. The van der Waals surface area contributed by atoms with Crippen LogP contribution in [-0.4, -0.2) is 31.1 Å². The minimum absolute atomic E-state index is 0.653. The van der Waals surface area contributed by atoms with Gasteiger partial charge in [0.1, 0.15) is 0 Å².